The topological polar surface area (TPSA) is 52.6 Å². The summed E-state index contributed by atoms with van der Waals surface area (Å²) >= 11 is 5.89. The van der Waals surface area contributed by atoms with Gasteiger partial charge in [-0.15, -0.1) is 0 Å². The molecule has 0 bridgehead atoms. The van der Waals surface area contributed by atoms with Crippen LogP contribution in [0.25, 0.3) is 0 Å². The minimum atomic E-state index is -0.581. The van der Waals surface area contributed by atoms with E-state index in [0.29, 0.717) is 6.61 Å². The van der Waals surface area contributed by atoms with Crippen LogP contribution in [0.2, 0.25) is 5.02 Å². The number of carbonyl (C=O) groups is 2. The fourth-order valence-electron chi connectivity index (χ4n) is 3.65. The predicted molar refractivity (Wildman–Crippen MR) is 132 cm³/mol. The summed E-state index contributed by atoms with van der Waals surface area (Å²) in [5.74, 6) is -1.52. The summed E-state index contributed by atoms with van der Waals surface area (Å²) in [6, 6.07) is 4.27. The van der Waals surface area contributed by atoms with E-state index in [-0.39, 0.29) is 30.0 Å². The molecule has 0 aliphatic heterocycles. The number of rotatable bonds is 20. The molecule has 0 aromatic heterocycles. The molecule has 33 heavy (non-hydrogen) atoms. The normalized spacial score (nSPS) is 10.9. The van der Waals surface area contributed by atoms with Crippen molar-refractivity contribution in [2.45, 2.75) is 116 Å². The SMILES string of the molecule is CCCCCCCCCCCCCCCCOC(=O)CCC(=O)OCc1c(F)cccc1Cl. The van der Waals surface area contributed by atoms with Crippen molar-refractivity contribution < 1.29 is 23.5 Å². The highest BCUT2D eigenvalue weighted by Crippen LogP contribution is 2.20. The van der Waals surface area contributed by atoms with Gasteiger partial charge in [0.15, 0.2) is 0 Å². The van der Waals surface area contributed by atoms with Crippen molar-refractivity contribution in [1.82, 2.24) is 0 Å². The minimum Gasteiger partial charge on any atom is -0.466 e. The molecule has 0 aliphatic carbocycles. The lowest BCUT2D eigenvalue weighted by Gasteiger charge is -2.08. The highest BCUT2D eigenvalue weighted by molar-refractivity contribution is 6.31. The molecule has 1 aromatic rings. The van der Waals surface area contributed by atoms with Crippen LogP contribution in [0.4, 0.5) is 4.39 Å². The first-order chi connectivity index (χ1) is 16.0. The zero-order chi connectivity index (χ0) is 24.2. The number of unbranched alkanes of at least 4 members (excludes halogenated alkanes) is 13. The molecule has 0 aliphatic rings. The van der Waals surface area contributed by atoms with Crippen LogP contribution in [0.3, 0.4) is 0 Å². The molecule has 0 unspecified atom stereocenters. The van der Waals surface area contributed by atoms with Crippen molar-refractivity contribution in [2.75, 3.05) is 6.61 Å². The molecule has 1 aromatic carbocycles. The summed E-state index contributed by atoms with van der Waals surface area (Å²) in [5, 5.41) is 0.204. The summed E-state index contributed by atoms with van der Waals surface area (Å²) in [6.45, 7) is 2.39. The molecule has 0 heterocycles. The number of benzene rings is 1. The second-order valence-electron chi connectivity index (χ2n) is 8.68. The molecule has 0 saturated carbocycles. The lowest BCUT2D eigenvalue weighted by molar-refractivity contribution is -0.151. The van der Waals surface area contributed by atoms with Crippen LogP contribution in [0, 0.1) is 5.82 Å². The quantitative estimate of drug-likeness (QED) is 0.138. The number of hydrogen-bond donors (Lipinski definition) is 0. The molecule has 6 heteroatoms. The molecular weight excluding hydrogens is 443 g/mol. The van der Waals surface area contributed by atoms with E-state index < -0.39 is 17.8 Å². The Bertz CT molecular complexity index is 645. The predicted octanol–water partition coefficient (Wildman–Crippen LogP) is 8.33. The van der Waals surface area contributed by atoms with Gasteiger partial charge in [0.2, 0.25) is 0 Å². The summed E-state index contributed by atoms with van der Waals surface area (Å²) in [5.41, 5.74) is 0.132. The minimum absolute atomic E-state index is 0.0392. The van der Waals surface area contributed by atoms with Gasteiger partial charge in [-0.1, -0.05) is 108 Å². The third-order valence-electron chi connectivity index (χ3n) is 5.73. The summed E-state index contributed by atoms with van der Waals surface area (Å²) in [4.78, 5) is 23.5. The Morgan fingerprint density at radius 1 is 0.758 bits per heavy atom. The third-order valence-corrected chi connectivity index (χ3v) is 6.09. The zero-order valence-corrected chi connectivity index (χ0v) is 21.1. The maximum Gasteiger partial charge on any atom is 0.306 e. The number of hydrogen-bond acceptors (Lipinski definition) is 4. The first-order valence-electron chi connectivity index (χ1n) is 12.8. The lowest BCUT2D eigenvalue weighted by atomic mass is 10.0. The molecule has 4 nitrogen and oxygen atoms in total. The molecule has 0 amide bonds. The molecule has 1 rings (SSSR count). The van der Waals surface area contributed by atoms with Gasteiger partial charge in [0.05, 0.1) is 24.5 Å². The van der Waals surface area contributed by atoms with Crippen molar-refractivity contribution in [1.29, 1.82) is 0 Å². The van der Waals surface area contributed by atoms with Gasteiger partial charge in [-0.2, -0.15) is 0 Å². The van der Waals surface area contributed by atoms with E-state index in [1.807, 2.05) is 0 Å². The maximum atomic E-state index is 13.6. The molecule has 0 fully saturated rings. The summed E-state index contributed by atoms with van der Waals surface area (Å²) < 4.78 is 23.8. The monoisotopic (exact) mass is 484 g/mol. The third kappa shape index (κ3) is 15.8. The second-order valence-corrected chi connectivity index (χ2v) is 9.08. The van der Waals surface area contributed by atoms with E-state index in [0.717, 1.165) is 12.8 Å². The van der Waals surface area contributed by atoms with Crippen molar-refractivity contribution >= 4 is 23.5 Å². The van der Waals surface area contributed by atoms with Crippen molar-refractivity contribution in [2.24, 2.45) is 0 Å². The standard InChI is InChI=1S/C27H42ClFO4/c1-2-3-4-5-6-7-8-9-10-11-12-13-14-15-21-32-26(30)19-20-27(31)33-22-23-24(28)17-16-18-25(23)29/h16-18H,2-15,19-22H2,1H3. The highest BCUT2D eigenvalue weighted by Gasteiger charge is 2.12. The Kier molecular flexibility index (Phi) is 17.7. The molecule has 0 spiro atoms. The average Bonchev–Trinajstić information content (AvgIpc) is 2.80. The first-order valence-corrected chi connectivity index (χ1v) is 13.2. The van der Waals surface area contributed by atoms with Gasteiger partial charge < -0.3 is 9.47 Å². The number of esters is 2. The van der Waals surface area contributed by atoms with Gasteiger partial charge in [0, 0.05) is 5.56 Å². The van der Waals surface area contributed by atoms with Crippen molar-refractivity contribution in [3.8, 4) is 0 Å². The van der Waals surface area contributed by atoms with Crippen LogP contribution in [0.1, 0.15) is 115 Å². The molecule has 0 N–H and O–H groups in total. The van der Waals surface area contributed by atoms with Crippen LogP contribution >= 0.6 is 11.6 Å². The molecule has 0 radical (unpaired) electrons. The first kappa shape index (κ1) is 29.4. The Morgan fingerprint density at radius 3 is 1.76 bits per heavy atom. The van der Waals surface area contributed by atoms with E-state index in [4.69, 9.17) is 21.1 Å². The van der Waals surface area contributed by atoms with E-state index in [9.17, 15) is 14.0 Å². The Labute approximate surface area is 204 Å². The zero-order valence-electron chi connectivity index (χ0n) is 20.3. The number of ether oxygens (including phenoxy) is 2. The van der Waals surface area contributed by atoms with Gasteiger partial charge in [-0.25, -0.2) is 4.39 Å². The van der Waals surface area contributed by atoms with Crippen LogP contribution < -0.4 is 0 Å². The largest absolute Gasteiger partial charge is 0.466 e. The molecule has 188 valence electrons. The van der Waals surface area contributed by atoms with Gasteiger partial charge in [-0.05, 0) is 18.6 Å². The summed E-state index contributed by atoms with van der Waals surface area (Å²) in [7, 11) is 0. The van der Waals surface area contributed by atoms with E-state index in [2.05, 4.69) is 6.92 Å². The Hall–Kier alpha value is -1.62. The average molecular weight is 485 g/mol. The van der Waals surface area contributed by atoms with Gasteiger partial charge in [0.25, 0.3) is 0 Å². The van der Waals surface area contributed by atoms with Crippen LogP contribution in [-0.2, 0) is 25.7 Å². The van der Waals surface area contributed by atoms with E-state index >= 15 is 0 Å². The van der Waals surface area contributed by atoms with Gasteiger partial charge in [-0.3, -0.25) is 9.59 Å². The van der Waals surface area contributed by atoms with Crippen LogP contribution in [-0.4, -0.2) is 18.5 Å². The molecular formula is C27H42ClFO4. The fraction of sp³-hybridized carbons (Fsp3) is 0.704. The lowest BCUT2D eigenvalue weighted by Crippen LogP contribution is -2.11. The van der Waals surface area contributed by atoms with Gasteiger partial charge >= 0.3 is 11.9 Å². The summed E-state index contributed by atoms with van der Waals surface area (Å²) in [6.07, 6.45) is 17.8. The maximum absolute atomic E-state index is 13.6. The van der Waals surface area contributed by atoms with Gasteiger partial charge in [0.1, 0.15) is 12.4 Å². The Morgan fingerprint density at radius 2 is 1.24 bits per heavy atom. The molecule has 0 atom stereocenters. The smallest absolute Gasteiger partial charge is 0.306 e. The van der Waals surface area contributed by atoms with Crippen LogP contribution in [0.15, 0.2) is 18.2 Å². The second kappa shape index (κ2) is 19.8. The van der Waals surface area contributed by atoms with E-state index in [1.54, 1.807) is 0 Å². The fourth-order valence-corrected chi connectivity index (χ4v) is 3.87. The van der Waals surface area contributed by atoms with Crippen molar-refractivity contribution in [3.63, 3.8) is 0 Å². The number of carbonyl (C=O) groups excluding carboxylic acids is 2. The highest BCUT2D eigenvalue weighted by atomic mass is 35.5. The van der Waals surface area contributed by atoms with E-state index in [1.165, 1.54) is 95.2 Å². The Balaban J connectivity index is 1.89. The van der Waals surface area contributed by atoms with Crippen LogP contribution in [0.5, 0.6) is 0 Å². The van der Waals surface area contributed by atoms with Crippen molar-refractivity contribution in [3.05, 3.63) is 34.6 Å². The number of halogens is 2. The molecule has 0 saturated heterocycles.